The van der Waals surface area contributed by atoms with Gasteiger partial charge in [-0.2, -0.15) is 0 Å². The van der Waals surface area contributed by atoms with E-state index in [1.807, 2.05) is 31.2 Å². The molecule has 120 valence electrons. The van der Waals surface area contributed by atoms with Crippen LogP contribution >= 0.6 is 12.4 Å². The first-order valence-electron chi connectivity index (χ1n) is 7.58. The average Bonchev–Trinajstić information content (AvgIpc) is 2.48. The third-order valence-electron chi connectivity index (χ3n) is 4.10. The molecule has 0 radical (unpaired) electrons. The van der Waals surface area contributed by atoms with Crippen molar-refractivity contribution in [2.45, 2.75) is 39.0 Å². The molecular formula is C16H22ClN3O2. The summed E-state index contributed by atoms with van der Waals surface area (Å²) in [6.45, 7) is 4.80. The fourth-order valence-corrected chi connectivity index (χ4v) is 3.04. The number of halogens is 1. The monoisotopic (exact) mass is 323 g/mol. The molecule has 1 N–H and O–H groups in total. The van der Waals surface area contributed by atoms with Crippen molar-refractivity contribution in [1.82, 2.24) is 14.5 Å². The van der Waals surface area contributed by atoms with E-state index in [1.165, 1.54) is 0 Å². The minimum Gasteiger partial charge on any atom is -0.392 e. The van der Waals surface area contributed by atoms with Crippen molar-refractivity contribution < 1.29 is 5.11 Å². The maximum atomic E-state index is 12.5. The zero-order valence-corrected chi connectivity index (χ0v) is 13.6. The molecule has 0 spiro atoms. The molecule has 1 atom stereocenters. The maximum Gasteiger partial charge on any atom is 0.261 e. The lowest BCUT2D eigenvalue weighted by Crippen LogP contribution is -2.39. The van der Waals surface area contributed by atoms with Gasteiger partial charge in [-0.3, -0.25) is 14.3 Å². The second-order valence-electron chi connectivity index (χ2n) is 5.63. The normalized spacial score (nSPS) is 19.1. The number of hydrogen-bond donors (Lipinski definition) is 1. The second-order valence-corrected chi connectivity index (χ2v) is 5.63. The number of aliphatic hydroxyl groups excluding tert-OH is 1. The third-order valence-corrected chi connectivity index (χ3v) is 4.10. The van der Waals surface area contributed by atoms with Gasteiger partial charge in [-0.05, 0) is 38.4 Å². The molecule has 1 aromatic carbocycles. The lowest BCUT2D eigenvalue weighted by atomic mass is 10.1. The van der Waals surface area contributed by atoms with Crippen LogP contribution in [0.2, 0.25) is 0 Å². The van der Waals surface area contributed by atoms with Crippen LogP contribution in [-0.2, 0) is 13.1 Å². The lowest BCUT2D eigenvalue weighted by Gasteiger charge is -2.30. The van der Waals surface area contributed by atoms with Gasteiger partial charge >= 0.3 is 0 Å². The first kappa shape index (κ1) is 16.9. The van der Waals surface area contributed by atoms with Gasteiger partial charge in [0.05, 0.1) is 23.6 Å². The summed E-state index contributed by atoms with van der Waals surface area (Å²) in [5.74, 6) is 0.787. The number of para-hydroxylation sites is 1. The molecule has 1 aliphatic heterocycles. The molecule has 22 heavy (non-hydrogen) atoms. The summed E-state index contributed by atoms with van der Waals surface area (Å²) in [4.78, 5) is 19.4. The predicted octanol–water partition coefficient (Wildman–Crippen LogP) is 1.79. The fraction of sp³-hybridized carbons (Fsp3) is 0.500. The van der Waals surface area contributed by atoms with Gasteiger partial charge in [0.1, 0.15) is 5.82 Å². The highest BCUT2D eigenvalue weighted by Gasteiger charge is 2.20. The van der Waals surface area contributed by atoms with Crippen molar-refractivity contribution in [3.63, 3.8) is 0 Å². The van der Waals surface area contributed by atoms with Crippen molar-refractivity contribution in [1.29, 1.82) is 0 Å². The smallest absolute Gasteiger partial charge is 0.261 e. The van der Waals surface area contributed by atoms with E-state index in [0.29, 0.717) is 25.0 Å². The molecule has 3 rings (SSSR count). The van der Waals surface area contributed by atoms with E-state index < -0.39 is 0 Å². The first-order chi connectivity index (χ1) is 10.2. The van der Waals surface area contributed by atoms with Gasteiger partial charge in [0.25, 0.3) is 5.56 Å². The number of aliphatic hydroxyl groups is 1. The third kappa shape index (κ3) is 3.32. The summed E-state index contributed by atoms with van der Waals surface area (Å²) in [5.41, 5.74) is 0.774. The Balaban J connectivity index is 0.00000176. The number of aromatic nitrogens is 2. The summed E-state index contributed by atoms with van der Waals surface area (Å²) in [5, 5.41) is 10.4. The fourth-order valence-electron chi connectivity index (χ4n) is 3.04. The van der Waals surface area contributed by atoms with Crippen LogP contribution in [-0.4, -0.2) is 38.8 Å². The van der Waals surface area contributed by atoms with Crippen LogP contribution in [0.3, 0.4) is 0 Å². The van der Waals surface area contributed by atoms with Crippen molar-refractivity contribution in [2.24, 2.45) is 0 Å². The van der Waals surface area contributed by atoms with Crippen molar-refractivity contribution in [2.75, 3.05) is 13.1 Å². The Morgan fingerprint density at radius 2 is 2.14 bits per heavy atom. The number of hydrogen-bond acceptors (Lipinski definition) is 4. The molecule has 1 unspecified atom stereocenters. The van der Waals surface area contributed by atoms with Crippen molar-refractivity contribution >= 4 is 23.3 Å². The molecule has 1 aromatic heterocycles. The van der Waals surface area contributed by atoms with Crippen LogP contribution in [0.25, 0.3) is 10.9 Å². The van der Waals surface area contributed by atoms with E-state index in [2.05, 4.69) is 9.88 Å². The van der Waals surface area contributed by atoms with Crippen LogP contribution in [0, 0.1) is 0 Å². The van der Waals surface area contributed by atoms with Gasteiger partial charge in [-0.1, -0.05) is 12.1 Å². The summed E-state index contributed by atoms with van der Waals surface area (Å²) in [7, 11) is 0. The Morgan fingerprint density at radius 3 is 2.86 bits per heavy atom. The SMILES string of the molecule is CCn1c(CN2CCCC(O)C2)nc2ccccc2c1=O.Cl. The van der Waals surface area contributed by atoms with E-state index in [0.717, 1.165) is 30.7 Å². The zero-order valence-electron chi connectivity index (χ0n) is 12.7. The molecule has 0 saturated carbocycles. The molecule has 2 aromatic rings. The molecule has 1 aliphatic rings. The highest BCUT2D eigenvalue weighted by atomic mass is 35.5. The van der Waals surface area contributed by atoms with Gasteiger partial charge in [-0.15, -0.1) is 12.4 Å². The second kappa shape index (κ2) is 7.22. The summed E-state index contributed by atoms with van der Waals surface area (Å²) in [6.07, 6.45) is 1.59. The minimum atomic E-state index is -0.263. The molecule has 1 saturated heterocycles. The number of piperidine rings is 1. The van der Waals surface area contributed by atoms with Gasteiger partial charge in [0.15, 0.2) is 0 Å². The van der Waals surface area contributed by atoms with Crippen LogP contribution in [0.15, 0.2) is 29.1 Å². The quantitative estimate of drug-likeness (QED) is 0.935. The largest absolute Gasteiger partial charge is 0.392 e. The Kier molecular flexibility index (Phi) is 5.56. The summed E-state index contributed by atoms with van der Waals surface area (Å²) >= 11 is 0. The number of fused-ring (bicyclic) bond motifs is 1. The highest BCUT2D eigenvalue weighted by Crippen LogP contribution is 2.14. The molecule has 6 heteroatoms. The van der Waals surface area contributed by atoms with Crippen LogP contribution in [0.5, 0.6) is 0 Å². The molecule has 5 nitrogen and oxygen atoms in total. The maximum absolute atomic E-state index is 12.5. The van der Waals surface area contributed by atoms with E-state index in [4.69, 9.17) is 0 Å². The first-order valence-corrected chi connectivity index (χ1v) is 7.58. The van der Waals surface area contributed by atoms with E-state index in [-0.39, 0.29) is 24.1 Å². The Bertz CT molecular complexity index is 701. The molecule has 0 aliphatic carbocycles. The lowest BCUT2D eigenvalue weighted by molar-refractivity contribution is 0.0647. The van der Waals surface area contributed by atoms with Gasteiger partial charge in [0, 0.05) is 13.1 Å². The van der Waals surface area contributed by atoms with Crippen LogP contribution < -0.4 is 5.56 Å². The number of rotatable bonds is 3. The van der Waals surface area contributed by atoms with Crippen LogP contribution in [0.4, 0.5) is 0 Å². The highest BCUT2D eigenvalue weighted by molar-refractivity contribution is 5.85. The van der Waals surface area contributed by atoms with E-state index in [1.54, 1.807) is 4.57 Å². The van der Waals surface area contributed by atoms with Crippen LogP contribution in [0.1, 0.15) is 25.6 Å². The minimum absolute atomic E-state index is 0. The number of benzene rings is 1. The number of likely N-dealkylation sites (tertiary alicyclic amines) is 1. The molecule has 0 bridgehead atoms. The summed E-state index contributed by atoms with van der Waals surface area (Å²) < 4.78 is 1.74. The van der Waals surface area contributed by atoms with Crippen molar-refractivity contribution in [3.8, 4) is 0 Å². The Morgan fingerprint density at radius 1 is 1.36 bits per heavy atom. The summed E-state index contributed by atoms with van der Waals surface area (Å²) in [6, 6.07) is 7.47. The predicted molar refractivity (Wildman–Crippen MR) is 89.4 cm³/mol. The van der Waals surface area contributed by atoms with E-state index >= 15 is 0 Å². The van der Waals surface area contributed by atoms with Gasteiger partial charge < -0.3 is 5.11 Å². The zero-order chi connectivity index (χ0) is 14.8. The Labute approximate surface area is 136 Å². The number of β-amino-alcohol motifs (C(OH)–C–C–N with tert-alkyl or cyclic N) is 1. The topological polar surface area (TPSA) is 58.4 Å². The molecule has 2 heterocycles. The van der Waals surface area contributed by atoms with Crippen molar-refractivity contribution in [3.05, 3.63) is 40.4 Å². The molecule has 1 fully saturated rings. The molecular weight excluding hydrogens is 302 g/mol. The Hall–Kier alpha value is -1.43. The van der Waals surface area contributed by atoms with Gasteiger partial charge in [0.2, 0.25) is 0 Å². The molecule has 0 amide bonds. The average molecular weight is 324 g/mol. The number of nitrogens with zero attached hydrogens (tertiary/aromatic N) is 3. The van der Waals surface area contributed by atoms with E-state index in [9.17, 15) is 9.90 Å². The van der Waals surface area contributed by atoms with Gasteiger partial charge in [-0.25, -0.2) is 4.98 Å². The standard InChI is InChI=1S/C16H21N3O2.ClH/c1-2-19-15(11-18-9-5-6-12(20)10-18)17-14-8-4-3-7-13(14)16(19)21;/h3-4,7-8,12,20H,2,5-6,9-11H2,1H3;1H.